The predicted octanol–water partition coefficient (Wildman–Crippen LogP) is 3.24. The van der Waals surface area contributed by atoms with Crippen molar-refractivity contribution in [3.63, 3.8) is 0 Å². The fraction of sp³-hybridized carbons (Fsp3) is 0.0833. The number of hydrogen-bond acceptors (Lipinski definition) is 6. The molecule has 19 heavy (non-hydrogen) atoms. The number of nitro groups is 1. The molecule has 6 nitrogen and oxygen atoms in total. The fourth-order valence-corrected chi connectivity index (χ4v) is 2.12. The van der Waals surface area contributed by atoms with Crippen LogP contribution in [0.25, 0.3) is 0 Å². The van der Waals surface area contributed by atoms with Crippen molar-refractivity contribution in [3.8, 4) is 11.5 Å². The second-order valence-corrected chi connectivity index (χ2v) is 4.37. The van der Waals surface area contributed by atoms with Gasteiger partial charge < -0.3 is 9.47 Å². The van der Waals surface area contributed by atoms with E-state index in [0.29, 0.717) is 16.4 Å². The van der Waals surface area contributed by atoms with Gasteiger partial charge in [-0.25, -0.2) is 4.79 Å². The summed E-state index contributed by atoms with van der Waals surface area (Å²) in [5, 5.41) is 12.2. The van der Waals surface area contributed by atoms with Crippen LogP contribution in [0.1, 0.15) is 9.67 Å². The summed E-state index contributed by atoms with van der Waals surface area (Å²) < 4.78 is 10.1. The highest BCUT2D eigenvalue weighted by Crippen LogP contribution is 2.30. The van der Waals surface area contributed by atoms with Gasteiger partial charge in [-0.1, -0.05) is 0 Å². The van der Waals surface area contributed by atoms with E-state index in [0.717, 1.165) is 0 Å². The molecular weight excluding hydrogens is 270 g/mol. The zero-order valence-corrected chi connectivity index (χ0v) is 10.7. The summed E-state index contributed by atoms with van der Waals surface area (Å²) in [7, 11) is 1.29. The number of thiophene rings is 1. The highest BCUT2D eigenvalue weighted by Gasteiger charge is 2.15. The van der Waals surface area contributed by atoms with Crippen molar-refractivity contribution in [1.29, 1.82) is 0 Å². The Bertz CT molecular complexity index is 605. The number of benzene rings is 1. The third-order valence-electron chi connectivity index (χ3n) is 2.28. The first-order chi connectivity index (χ1) is 9.11. The fourth-order valence-electron chi connectivity index (χ4n) is 1.38. The average molecular weight is 279 g/mol. The Balaban J connectivity index is 2.19. The quantitative estimate of drug-likeness (QED) is 0.487. The molecule has 0 unspecified atom stereocenters. The Morgan fingerprint density at radius 3 is 2.53 bits per heavy atom. The molecule has 0 N–H and O–H groups in total. The molecule has 0 radical (unpaired) electrons. The SMILES string of the molecule is COC(=O)c1sccc1Oc1ccc([N+](=O)[O-])cc1. The number of carbonyl (C=O) groups excluding carboxylic acids is 1. The first-order valence-corrected chi connectivity index (χ1v) is 6.08. The highest BCUT2D eigenvalue weighted by atomic mass is 32.1. The van der Waals surface area contributed by atoms with Gasteiger partial charge >= 0.3 is 5.97 Å². The summed E-state index contributed by atoms with van der Waals surface area (Å²) in [5.41, 5.74) is -0.0224. The average Bonchev–Trinajstić information content (AvgIpc) is 2.86. The van der Waals surface area contributed by atoms with Crippen LogP contribution in [0.5, 0.6) is 11.5 Å². The predicted molar refractivity (Wildman–Crippen MR) is 68.8 cm³/mol. The van der Waals surface area contributed by atoms with Gasteiger partial charge in [0.05, 0.1) is 12.0 Å². The minimum absolute atomic E-state index is 0.0224. The molecule has 1 aromatic heterocycles. The van der Waals surface area contributed by atoms with Gasteiger partial charge in [0.15, 0.2) is 10.6 Å². The Labute approximate surface area is 112 Å². The molecule has 0 aliphatic heterocycles. The lowest BCUT2D eigenvalue weighted by Gasteiger charge is -2.05. The number of hydrogen-bond donors (Lipinski definition) is 0. The van der Waals surface area contributed by atoms with Crippen LogP contribution in [0.3, 0.4) is 0 Å². The smallest absolute Gasteiger partial charge is 0.351 e. The third kappa shape index (κ3) is 2.89. The van der Waals surface area contributed by atoms with E-state index in [9.17, 15) is 14.9 Å². The van der Waals surface area contributed by atoms with Crippen LogP contribution >= 0.6 is 11.3 Å². The second kappa shape index (κ2) is 5.49. The summed E-state index contributed by atoms with van der Waals surface area (Å²) in [4.78, 5) is 21.8. The van der Waals surface area contributed by atoms with E-state index in [1.165, 1.54) is 42.7 Å². The summed E-state index contributed by atoms with van der Waals surface area (Å²) in [6, 6.07) is 7.24. The molecule has 1 heterocycles. The molecule has 1 aromatic carbocycles. The van der Waals surface area contributed by atoms with Crippen molar-refractivity contribution in [2.45, 2.75) is 0 Å². The summed E-state index contributed by atoms with van der Waals surface area (Å²) in [6.07, 6.45) is 0. The Morgan fingerprint density at radius 2 is 1.95 bits per heavy atom. The van der Waals surface area contributed by atoms with Gasteiger partial charge in [0.2, 0.25) is 0 Å². The number of nitro benzene ring substituents is 1. The largest absolute Gasteiger partial charge is 0.465 e. The topological polar surface area (TPSA) is 78.7 Å². The van der Waals surface area contributed by atoms with Gasteiger partial charge in [0.25, 0.3) is 5.69 Å². The number of ether oxygens (including phenoxy) is 2. The summed E-state index contributed by atoms with van der Waals surface area (Å²) in [5.74, 6) is 0.298. The molecule has 98 valence electrons. The van der Waals surface area contributed by atoms with Crippen LogP contribution < -0.4 is 4.74 Å². The maximum absolute atomic E-state index is 11.4. The normalized spacial score (nSPS) is 9.95. The van der Waals surface area contributed by atoms with Crippen molar-refractivity contribution in [2.75, 3.05) is 7.11 Å². The maximum Gasteiger partial charge on any atom is 0.351 e. The number of nitrogens with zero attached hydrogens (tertiary/aromatic N) is 1. The lowest BCUT2D eigenvalue weighted by molar-refractivity contribution is -0.384. The molecule has 2 aromatic rings. The number of esters is 1. The van der Waals surface area contributed by atoms with E-state index >= 15 is 0 Å². The number of rotatable bonds is 4. The van der Waals surface area contributed by atoms with E-state index < -0.39 is 10.9 Å². The highest BCUT2D eigenvalue weighted by molar-refractivity contribution is 7.12. The van der Waals surface area contributed by atoms with Crippen LogP contribution in [0.2, 0.25) is 0 Å². The molecule has 2 rings (SSSR count). The third-order valence-corrected chi connectivity index (χ3v) is 3.15. The molecule has 0 aliphatic carbocycles. The molecule has 0 atom stereocenters. The van der Waals surface area contributed by atoms with Crippen LogP contribution in [-0.2, 0) is 4.74 Å². The number of non-ortho nitro benzene ring substituents is 1. The van der Waals surface area contributed by atoms with Crippen molar-refractivity contribution >= 4 is 23.0 Å². The molecular formula is C12H9NO5S. The zero-order chi connectivity index (χ0) is 13.8. The van der Waals surface area contributed by atoms with Crippen LogP contribution in [0.4, 0.5) is 5.69 Å². The van der Waals surface area contributed by atoms with Gasteiger partial charge in [-0.15, -0.1) is 11.3 Å². The van der Waals surface area contributed by atoms with Gasteiger partial charge in [-0.3, -0.25) is 10.1 Å². The van der Waals surface area contributed by atoms with E-state index in [1.807, 2.05) is 0 Å². The van der Waals surface area contributed by atoms with Gasteiger partial charge in [0.1, 0.15) is 5.75 Å². The van der Waals surface area contributed by atoms with E-state index in [1.54, 1.807) is 11.4 Å². The number of methoxy groups -OCH3 is 1. The lowest BCUT2D eigenvalue weighted by atomic mass is 10.3. The Hall–Kier alpha value is -2.41. The van der Waals surface area contributed by atoms with E-state index in [-0.39, 0.29) is 5.69 Å². The molecule has 0 spiro atoms. The van der Waals surface area contributed by atoms with Gasteiger partial charge in [0, 0.05) is 12.1 Å². The zero-order valence-electron chi connectivity index (χ0n) is 9.86. The summed E-state index contributed by atoms with van der Waals surface area (Å²) in [6.45, 7) is 0. The van der Waals surface area contributed by atoms with E-state index in [4.69, 9.17) is 4.74 Å². The monoisotopic (exact) mass is 279 g/mol. The molecule has 7 heteroatoms. The summed E-state index contributed by atoms with van der Waals surface area (Å²) >= 11 is 1.20. The Kier molecular flexibility index (Phi) is 3.76. The molecule has 0 bridgehead atoms. The standard InChI is InChI=1S/C12H9NO5S/c1-17-12(14)11-10(6-7-19-11)18-9-4-2-8(3-5-9)13(15)16/h2-7H,1H3. The van der Waals surface area contributed by atoms with E-state index in [2.05, 4.69) is 4.74 Å². The molecule has 0 saturated carbocycles. The van der Waals surface area contributed by atoms with Crippen molar-refractivity contribution < 1.29 is 19.2 Å². The first kappa shape index (κ1) is 13.0. The first-order valence-electron chi connectivity index (χ1n) is 5.20. The van der Waals surface area contributed by atoms with Crippen LogP contribution in [0.15, 0.2) is 35.7 Å². The Morgan fingerprint density at radius 1 is 1.26 bits per heavy atom. The van der Waals surface area contributed by atoms with Crippen molar-refractivity contribution in [1.82, 2.24) is 0 Å². The molecule has 0 amide bonds. The lowest BCUT2D eigenvalue weighted by Crippen LogP contribution is -2.00. The minimum atomic E-state index is -0.492. The van der Waals surface area contributed by atoms with Gasteiger partial charge in [-0.05, 0) is 23.6 Å². The van der Waals surface area contributed by atoms with Gasteiger partial charge in [-0.2, -0.15) is 0 Å². The molecule has 0 fully saturated rings. The second-order valence-electron chi connectivity index (χ2n) is 3.46. The molecule has 0 saturated heterocycles. The van der Waals surface area contributed by atoms with Crippen molar-refractivity contribution in [3.05, 3.63) is 50.7 Å². The minimum Gasteiger partial charge on any atom is -0.465 e. The van der Waals surface area contributed by atoms with Crippen LogP contribution in [0, 0.1) is 10.1 Å². The maximum atomic E-state index is 11.4. The van der Waals surface area contributed by atoms with Crippen molar-refractivity contribution in [2.24, 2.45) is 0 Å². The number of carbonyl (C=O) groups is 1. The molecule has 0 aliphatic rings. The van der Waals surface area contributed by atoms with Crippen LogP contribution in [-0.4, -0.2) is 18.0 Å².